The van der Waals surface area contributed by atoms with Crippen molar-refractivity contribution in [2.45, 2.75) is 13.0 Å². The Hall–Kier alpha value is -3.85. The predicted octanol–water partition coefficient (Wildman–Crippen LogP) is 3.59. The summed E-state index contributed by atoms with van der Waals surface area (Å²) in [6.45, 7) is 1.38. The van der Waals surface area contributed by atoms with Crippen LogP contribution in [0.1, 0.15) is 28.9 Å². The minimum Gasteiger partial charge on any atom is -0.495 e. The molecular formula is C25H27N3O5S. The maximum atomic E-state index is 12.9. The third-order valence-electron chi connectivity index (χ3n) is 5.13. The molecule has 1 unspecified atom stereocenters. The Labute approximate surface area is 199 Å². The number of anilines is 2. The lowest BCUT2D eigenvalue weighted by Gasteiger charge is -2.24. The molecule has 0 radical (unpaired) electrons. The maximum absolute atomic E-state index is 12.9. The number of carbonyl (C=O) groups excluding carboxylic acids is 2. The smallest absolute Gasteiger partial charge is 0.253 e. The fraction of sp³-hybridized carbons (Fsp3) is 0.200. The molecule has 0 saturated heterocycles. The summed E-state index contributed by atoms with van der Waals surface area (Å²) in [7, 11) is -2.38. The molecule has 178 valence electrons. The van der Waals surface area contributed by atoms with Gasteiger partial charge in [0.25, 0.3) is 5.91 Å². The molecule has 0 heterocycles. The van der Waals surface area contributed by atoms with Gasteiger partial charge in [0.15, 0.2) is 0 Å². The molecule has 1 atom stereocenters. The van der Waals surface area contributed by atoms with Crippen LogP contribution in [0.2, 0.25) is 0 Å². The molecule has 3 aromatic carbocycles. The Morgan fingerprint density at radius 1 is 0.941 bits per heavy atom. The van der Waals surface area contributed by atoms with E-state index in [4.69, 9.17) is 4.74 Å². The first-order valence-corrected chi connectivity index (χ1v) is 12.4. The van der Waals surface area contributed by atoms with Gasteiger partial charge in [-0.05, 0) is 36.8 Å². The highest BCUT2D eigenvalue weighted by atomic mass is 32.2. The molecule has 0 saturated carbocycles. The van der Waals surface area contributed by atoms with Crippen LogP contribution in [0.5, 0.6) is 5.75 Å². The number of amides is 2. The summed E-state index contributed by atoms with van der Waals surface area (Å²) in [5, 5.41) is 5.59. The molecule has 9 heteroatoms. The van der Waals surface area contributed by atoms with E-state index >= 15 is 0 Å². The van der Waals surface area contributed by atoms with Gasteiger partial charge in [-0.2, -0.15) is 0 Å². The lowest BCUT2D eigenvalue weighted by atomic mass is 10.1. The number of rotatable bonds is 9. The summed E-state index contributed by atoms with van der Waals surface area (Å²) in [5.74, 6) is -0.653. The van der Waals surface area contributed by atoms with Crippen LogP contribution in [-0.4, -0.2) is 40.1 Å². The van der Waals surface area contributed by atoms with Gasteiger partial charge >= 0.3 is 0 Å². The van der Waals surface area contributed by atoms with Crippen LogP contribution < -0.4 is 19.7 Å². The van der Waals surface area contributed by atoms with Crippen molar-refractivity contribution in [3.8, 4) is 5.75 Å². The standard InChI is InChI=1S/C25H27N3O5S/c1-18(19-11-5-4-6-12-19)26-25(30)20-13-7-8-14-21(20)27-24(29)17-28(34(3,31)32)22-15-9-10-16-23(22)33-2/h4-16,18H,17H2,1-3H3,(H,26,30)(H,27,29). The largest absolute Gasteiger partial charge is 0.495 e. The molecule has 0 spiro atoms. The summed E-state index contributed by atoms with van der Waals surface area (Å²) in [5.41, 5.74) is 1.73. The quantitative estimate of drug-likeness (QED) is 0.486. The second-order valence-electron chi connectivity index (χ2n) is 7.64. The number of para-hydroxylation sites is 3. The Bertz CT molecular complexity index is 1260. The second kappa shape index (κ2) is 10.8. The SMILES string of the molecule is COc1ccccc1N(CC(=O)Nc1ccccc1C(=O)NC(C)c1ccccc1)S(C)(=O)=O. The van der Waals surface area contributed by atoms with Gasteiger partial charge in [0.2, 0.25) is 15.9 Å². The summed E-state index contributed by atoms with van der Waals surface area (Å²) >= 11 is 0. The number of hydrogen-bond donors (Lipinski definition) is 2. The highest BCUT2D eigenvalue weighted by molar-refractivity contribution is 7.92. The molecule has 0 aliphatic carbocycles. The van der Waals surface area contributed by atoms with Crippen LogP contribution in [0.15, 0.2) is 78.9 Å². The number of benzene rings is 3. The molecular weight excluding hydrogens is 454 g/mol. The van der Waals surface area contributed by atoms with Crippen LogP contribution >= 0.6 is 0 Å². The zero-order valence-corrected chi connectivity index (χ0v) is 20.0. The fourth-order valence-corrected chi connectivity index (χ4v) is 4.29. The van der Waals surface area contributed by atoms with E-state index in [1.807, 2.05) is 37.3 Å². The topological polar surface area (TPSA) is 105 Å². The van der Waals surface area contributed by atoms with Crippen LogP contribution in [0.4, 0.5) is 11.4 Å². The Morgan fingerprint density at radius 3 is 2.24 bits per heavy atom. The molecule has 34 heavy (non-hydrogen) atoms. The number of carbonyl (C=O) groups is 2. The number of nitrogens with zero attached hydrogens (tertiary/aromatic N) is 1. The summed E-state index contributed by atoms with van der Waals surface area (Å²) in [6, 6.07) is 22.3. The van der Waals surface area contributed by atoms with E-state index in [2.05, 4.69) is 10.6 Å². The van der Waals surface area contributed by atoms with Gasteiger partial charge in [-0.3, -0.25) is 13.9 Å². The van der Waals surface area contributed by atoms with E-state index in [1.165, 1.54) is 7.11 Å². The van der Waals surface area contributed by atoms with E-state index in [1.54, 1.807) is 48.5 Å². The molecule has 3 rings (SSSR count). The monoisotopic (exact) mass is 481 g/mol. The predicted molar refractivity (Wildman–Crippen MR) is 133 cm³/mol. The normalized spacial score (nSPS) is 11.9. The first kappa shape index (κ1) is 24.8. The molecule has 2 amide bonds. The van der Waals surface area contributed by atoms with Gasteiger partial charge < -0.3 is 15.4 Å². The van der Waals surface area contributed by atoms with Crippen LogP contribution in [-0.2, 0) is 14.8 Å². The number of nitrogens with one attached hydrogen (secondary N) is 2. The van der Waals surface area contributed by atoms with Crippen molar-refractivity contribution in [2.75, 3.05) is 29.5 Å². The minimum atomic E-state index is -3.80. The maximum Gasteiger partial charge on any atom is 0.253 e. The van der Waals surface area contributed by atoms with Crippen molar-refractivity contribution in [1.29, 1.82) is 0 Å². The van der Waals surface area contributed by atoms with Gasteiger partial charge in [0.1, 0.15) is 12.3 Å². The summed E-state index contributed by atoms with van der Waals surface area (Å²) in [4.78, 5) is 25.8. The Kier molecular flexibility index (Phi) is 7.91. The lowest BCUT2D eigenvalue weighted by molar-refractivity contribution is -0.114. The number of ether oxygens (including phenoxy) is 1. The zero-order chi connectivity index (χ0) is 24.7. The third kappa shape index (κ3) is 6.14. The second-order valence-corrected chi connectivity index (χ2v) is 9.55. The number of methoxy groups -OCH3 is 1. The highest BCUT2D eigenvalue weighted by Crippen LogP contribution is 2.29. The molecule has 0 aromatic heterocycles. The van der Waals surface area contributed by atoms with E-state index in [-0.39, 0.29) is 28.9 Å². The molecule has 0 aliphatic rings. The van der Waals surface area contributed by atoms with E-state index in [0.29, 0.717) is 5.75 Å². The molecule has 0 bridgehead atoms. The molecule has 2 N–H and O–H groups in total. The lowest BCUT2D eigenvalue weighted by Crippen LogP contribution is -2.38. The van der Waals surface area contributed by atoms with E-state index < -0.39 is 22.5 Å². The van der Waals surface area contributed by atoms with Gasteiger partial charge in [0, 0.05) is 0 Å². The van der Waals surface area contributed by atoms with Crippen molar-refractivity contribution in [3.63, 3.8) is 0 Å². The first-order valence-electron chi connectivity index (χ1n) is 10.6. The van der Waals surface area contributed by atoms with Crippen LogP contribution in [0.3, 0.4) is 0 Å². The zero-order valence-electron chi connectivity index (χ0n) is 19.2. The first-order chi connectivity index (χ1) is 16.2. The molecule has 0 aliphatic heterocycles. The van der Waals surface area contributed by atoms with E-state index in [0.717, 1.165) is 16.1 Å². The van der Waals surface area contributed by atoms with Gasteiger partial charge in [-0.25, -0.2) is 8.42 Å². The number of sulfonamides is 1. The van der Waals surface area contributed by atoms with Crippen molar-refractivity contribution in [2.24, 2.45) is 0 Å². The van der Waals surface area contributed by atoms with Crippen molar-refractivity contribution < 1.29 is 22.7 Å². The average molecular weight is 482 g/mol. The molecule has 3 aromatic rings. The minimum absolute atomic E-state index is 0.241. The molecule has 0 fully saturated rings. The van der Waals surface area contributed by atoms with Gasteiger partial charge in [-0.1, -0.05) is 54.6 Å². The third-order valence-corrected chi connectivity index (χ3v) is 6.26. The summed E-state index contributed by atoms with van der Waals surface area (Å²) in [6.07, 6.45) is 1.01. The van der Waals surface area contributed by atoms with Crippen molar-refractivity contribution in [3.05, 3.63) is 90.0 Å². The van der Waals surface area contributed by atoms with Crippen molar-refractivity contribution in [1.82, 2.24) is 5.32 Å². The van der Waals surface area contributed by atoms with Gasteiger partial charge in [-0.15, -0.1) is 0 Å². The van der Waals surface area contributed by atoms with E-state index in [9.17, 15) is 18.0 Å². The average Bonchev–Trinajstić information content (AvgIpc) is 2.82. The highest BCUT2D eigenvalue weighted by Gasteiger charge is 2.24. The van der Waals surface area contributed by atoms with Gasteiger partial charge in [0.05, 0.1) is 36.3 Å². The fourth-order valence-electron chi connectivity index (χ4n) is 3.43. The van der Waals surface area contributed by atoms with Crippen LogP contribution in [0, 0.1) is 0 Å². The Balaban J connectivity index is 1.79. The molecule has 8 nitrogen and oxygen atoms in total. The number of hydrogen-bond acceptors (Lipinski definition) is 5. The Morgan fingerprint density at radius 2 is 1.56 bits per heavy atom. The van der Waals surface area contributed by atoms with Crippen molar-refractivity contribution >= 4 is 33.2 Å². The van der Waals surface area contributed by atoms with Crippen LogP contribution in [0.25, 0.3) is 0 Å². The summed E-state index contributed by atoms with van der Waals surface area (Å²) < 4.78 is 31.1.